The van der Waals surface area contributed by atoms with Crippen molar-refractivity contribution in [3.05, 3.63) is 29.8 Å². The maximum atomic E-state index is 5.66. The quantitative estimate of drug-likeness (QED) is 0.583. The van der Waals surface area contributed by atoms with Crippen molar-refractivity contribution in [1.82, 2.24) is 0 Å². The topological polar surface area (TPSA) is 9.23 Å². The minimum absolute atomic E-state index is 0.454. The first-order valence-corrected chi connectivity index (χ1v) is 4.79. The van der Waals surface area contributed by atoms with Crippen molar-refractivity contribution in [2.75, 3.05) is 0 Å². The zero-order valence-corrected chi connectivity index (χ0v) is 6.80. The number of benzene rings is 1. The fraction of sp³-hybridized carbons (Fsp3) is 0.333. The van der Waals surface area contributed by atoms with E-state index in [4.69, 9.17) is 4.74 Å². The van der Waals surface area contributed by atoms with Gasteiger partial charge < -0.3 is 4.74 Å². The predicted molar refractivity (Wildman–Crippen MR) is 45.8 cm³/mol. The predicted octanol–water partition coefficient (Wildman–Crippen LogP) is 2.58. The van der Waals surface area contributed by atoms with Crippen LogP contribution in [0.1, 0.15) is 17.2 Å². The molecule has 11 heavy (non-hydrogen) atoms. The highest BCUT2D eigenvalue weighted by Gasteiger charge is 2.39. The SMILES string of the molecule is c1ccc2c(c1)OC1CC2S1. The van der Waals surface area contributed by atoms with E-state index in [1.807, 2.05) is 17.8 Å². The fourth-order valence-electron chi connectivity index (χ4n) is 1.62. The molecule has 1 fully saturated rings. The molecule has 1 aromatic carbocycles. The van der Waals surface area contributed by atoms with Crippen molar-refractivity contribution < 1.29 is 4.74 Å². The Kier molecular flexibility index (Phi) is 1.05. The molecule has 3 heterocycles. The summed E-state index contributed by atoms with van der Waals surface area (Å²) in [4.78, 5) is 0. The van der Waals surface area contributed by atoms with Crippen LogP contribution in [-0.4, -0.2) is 5.44 Å². The molecule has 2 heteroatoms. The Hall–Kier alpha value is -0.630. The number of hydrogen-bond donors (Lipinski definition) is 0. The first-order valence-electron chi connectivity index (χ1n) is 3.84. The lowest BCUT2D eigenvalue weighted by atomic mass is 10.1. The van der Waals surface area contributed by atoms with Crippen molar-refractivity contribution in [3.8, 4) is 5.75 Å². The van der Waals surface area contributed by atoms with Gasteiger partial charge in [0.25, 0.3) is 0 Å². The van der Waals surface area contributed by atoms with Gasteiger partial charge in [0.15, 0.2) is 0 Å². The molecule has 1 saturated heterocycles. The molecular formula is C9H8OS. The lowest BCUT2D eigenvalue weighted by Gasteiger charge is -2.41. The average molecular weight is 164 g/mol. The summed E-state index contributed by atoms with van der Waals surface area (Å²) in [7, 11) is 0. The molecule has 0 radical (unpaired) electrons. The molecule has 1 aromatic rings. The van der Waals surface area contributed by atoms with Crippen LogP contribution in [0, 0.1) is 0 Å². The van der Waals surface area contributed by atoms with E-state index in [9.17, 15) is 0 Å². The van der Waals surface area contributed by atoms with Crippen LogP contribution < -0.4 is 4.74 Å². The molecule has 2 atom stereocenters. The van der Waals surface area contributed by atoms with Gasteiger partial charge in [-0.05, 0) is 6.07 Å². The number of rotatable bonds is 0. The van der Waals surface area contributed by atoms with Crippen molar-refractivity contribution in [1.29, 1.82) is 0 Å². The third-order valence-corrected chi connectivity index (χ3v) is 3.61. The summed E-state index contributed by atoms with van der Waals surface area (Å²) >= 11 is 1.94. The highest BCUT2D eigenvalue weighted by molar-refractivity contribution is 8.01. The Labute approximate surface area is 69.8 Å². The van der Waals surface area contributed by atoms with Gasteiger partial charge in [-0.2, -0.15) is 0 Å². The van der Waals surface area contributed by atoms with Crippen LogP contribution in [0.25, 0.3) is 0 Å². The summed E-state index contributed by atoms with van der Waals surface area (Å²) in [5, 5.41) is 0.727. The van der Waals surface area contributed by atoms with Crippen LogP contribution in [0.3, 0.4) is 0 Å². The number of hydrogen-bond acceptors (Lipinski definition) is 2. The largest absolute Gasteiger partial charge is 0.479 e. The number of para-hydroxylation sites is 1. The third kappa shape index (κ3) is 0.732. The maximum Gasteiger partial charge on any atom is 0.146 e. The van der Waals surface area contributed by atoms with Crippen LogP contribution in [0.15, 0.2) is 24.3 Å². The van der Waals surface area contributed by atoms with Crippen LogP contribution in [-0.2, 0) is 0 Å². The minimum Gasteiger partial charge on any atom is -0.479 e. The first kappa shape index (κ1) is 5.95. The second-order valence-corrected chi connectivity index (χ2v) is 4.31. The van der Waals surface area contributed by atoms with Crippen molar-refractivity contribution in [2.45, 2.75) is 17.1 Å². The number of ether oxygens (including phenoxy) is 1. The van der Waals surface area contributed by atoms with E-state index in [-0.39, 0.29) is 0 Å². The fourth-order valence-corrected chi connectivity index (χ4v) is 2.72. The maximum absolute atomic E-state index is 5.66. The van der Waals surface area contributed by atoms with E-state index in [1.165, 1.54) is 12.0 Å². The van der Waals surface area contributed by atoms with Gasteiger partial charge in [-0.1, -0.05) is 18.2 Å². The molecule has 0 saturated carbocycles. The Morgan fingerprint density at radius 3 is 3.00 bits per heavy atom. The van der Waals surface area contributed by atoms with E-state index in [0.717, 1.165) is 11.0 Å². The second-order valence-electron chi connectivity index (χ2n) is 2.95. The van der Waals surface area contributed by atoms with Crippen LogP contribution in [0.4, 0.5) is 0 Å². The molecule has 4 rings (SSSR count). The molecule has 3 aliphatic rings. The Bertz CT molecular complexity index is 291. The van der Waals surface area contributed by atoms with Crippen LogP contribution in [0.5, 0.6) is 5.75 Å². The average Bonchev–Trinajstić information content (AvgIpc) is 2.02. The molecule has 56 valence electrons. The monoisotopic (exact) mass is 164 g/mol. The molecule has 0 aromatic heterocycles. The van der Waals surface area contributed by atoms with Gasteiger partial charge in [0, 0.05) is 17.2 Å². The number of thioether (sulfide) groups is 1. The van der Waals surface area contributed by atoms with E-state index in [0.29, 0.717) is 5.44 Å². The van der Waals surface area contributed by atoms with Gasteiger partial charge in [-0.3, -0.25) is 0 Å². The van der Waals surface area contributed by atoms with E-state index < -0.39 is 0 Å². The van der Waals surface area contributed by atoms with E-state index in [2.05, 4.69) is 18.2 Å². The Balaban J connectivity index is 2.16. The molecule has 0 spiro atoms. The van der Waals surface area contributed by atoms with Gasteiger partial charge in [0.1, 0.15) is 11.2 Å². The highest BCUT2D eigenvalue weighted by Crippen LogP contribution is 2.55. The lowest BCUT2D eigenvalue weighted by Crippen LogP contribution is -2.31. The smallest absolute Gasteiger partial charge is 0.146 e. The highest BCUT2D eigenvalue weighted by atomic mass is 32.2. The molecule has 2 bridgehead atoms. The summed E-state index contributed by atoms with van der Waals surface area (Å²) in [6.45, 7) is 0. The minimum atomic E-state index is 0.454. The molecule has 0 aliphatic carbocycles. The summed E-state index contributed by atoms with van der Waals surface area (Å²) < 4.78 is 5.66. The van der Waals surface area contributed by atoms with Gasteiger partial charge in [0.05, 0.1) is 0 Å². The zero-order valence-electron chi connectivity index (χ0n) is 5.99. The van der Waals surface area contributed by atoms with Gasteiger partial charge in [-0.15, -0.1) is 11.8 Å². The van der Waals surface area contributed by atoms with Crippen molar-refractivity contribution in [3.63, 3.8) is 0 Å². The summed E-state index contributed by atoms with van der Waals surface area (Å²) in [5.74, 6) is 1.10. The van der Waals surface area contributed by atoms with Gasteiger partial charge in [0.2, 0.25) is 0 Å². The van der Waals surface area contributed by atoms with Gasteiger partial charge >= 0.3 is 0 Å². The van der Waals surface area contributed by atoms with Crippen LogP contribution in [0.2, 0.25) is 0 Å². The third-order valence-electron chi connectivity index (χ3n) is 2.25. The lowest BCUT2D eigenvalue weighted by molar-refractivity contribution is 0.231. The first-order chi connectivity index (χ1) is 5.43. The normalized spacial score (nSPS) is 31.6. The van der Waals surface area contributed by atoms with E-state index in [1.54, 1.807) is 0 Å². The summed E-state index contributed by atoms with van der Waals surface area (Å²) in [5.41, 5.74) is 1.84. The Morgan fingerprint density at radius 1 is 1.36 bits per heavy atom. The molecular weight excluding hydrogens is 156 g/mol. The van der Waals surface area contributed by atoms with Crippen LogP contribution >= 0.6 is 11.8 Å². The molecule has 0 amide bonds. The molecule has 2 unspecified atom stereocenters. The van der Waals surface area contributed by atoms with Gasteiger partial charge in [-0.25, -0.2) is 0 Å². The molecule has 3 aliphatic heterocycles. The second kappa shape index (κ2) is 1.95. The zero-order chi connectivity index (χ0) is 7.26. The molecule has 1 nitrogen and oxygen atoms in total. The summed E-state index contributed by atoms with van der Waals surface area (Å²) in [6, 6.07) is 8.35. The van der Waals surface area contributed by atoms with E-state index >= 15 is 0 Å². The van der Waals surface area contributed by atoms with Crippen molar-refractivity contribution >= 4 is 11.8 Å². The molecule has 0 N–H and O–H groups in total. The Morgan fingerprint density at radius 2 is 2.18 bits per heavy atom. The van der Waals surface area contributed by atoms with Crippen molar-refractivity contribution in [2.24, 2.45) is 0 Å². The standard InChI is InChI=1S/C9H8OS/c1-2-4-7-6(3-1)8-5-9(10-7)11-8/h1-4,8-9H,5H2. The summed E-state index contributed by atoms with van der Waals surface area (Å²) in [6.07, 6.45) is 1.21.